The molecule has 19 heavy (non-hydrogen) atoms. The predicted molar refractivity (Wildman–Crippen MR) is 76.4 cm³/mol. The molecule has 2 heterocycles. The number of hydrogen-bond acceptors (Lipinski definition) is 4. The van der Waals surface area contributed by atoms with E-state index in [4.69, 9.17) is 10.7 Å². The molecule has 0 bridgehead atoms. The van der Waals surface area contributed by atoms with E-state index in [1.165, 1.54) is 17.4 Å². The summed E-state index contributed by atoms with van der Waals surface area (Å²) in [6, 6.07) is 1.39. The standard InChI is InChI=1S/C12H16ClNO3S2/c1-8-4-3-5-14(7-8)12(15)10-6-11(9(2)18-10)19(13,16)17/h6,8H,3-5,7H2,1-2H3. The highest BCUT2D eigenvalue weighted by atomic mass is 35.7. The van der Waals surface area contributed by atoms with Crippen molar-refractivity contribution >= 4 is 37.0 Å². The van der Waals surface area contributed by atoms with E-state index in [0.717, 1.165) is 25.9 Å². The molecule has 1 aromatic heterocycles. The molecule has 2 rings (SSSR count). The van der Waals surface area contributed by atoms with E-state index in [0.29, 0.717) is 15.7 Å². The average molecular weight is 322 g/mol. The molecule has 0 radical (unpaired) electrons. The molecule has 1 fully saturated rings. The second kappa shape index (κ2) is 5.42. The molecule has 1 saturated heterocycles. The van der Waals surface area contributed by atoms with Gasteiger partial charge in [-0.05, 0) is 31.7 Å². The summed E-state index contributed by atoms with van der Waals surface area (Å²) in [6.07, 6.45) is 2.13. The fourth-order valence-electron chi connectivity index (χ4n) is 2.34. The number of hydrogen-bond donors (Lipinski definition) is 0. The number of carbonyl (C=O) groups excluding carboxylic acids is 1. The summed E-state index contributed by atoms with van der Waals surface area (Å²) >= 11 is 1.19. The van der Waals surface area contributed by atoms with Crippen LogP contribution in [0.25, 0.3) is 0 Å². The molecular weight excluding hydrogens is 306 g/mol. The van der Waals surface area contributed by atoms with Gasteiger partial charge in [-0.3, -0.25) is 4.79 Å². The van der Waals surface area contributed by atoms with Crippen molar-refractivity contribution in [1.29, 1.82) is 0 Å². The van der Waals surface area contributed by atoms with Crippen molar-refractivity contribution < 1.29 is 13.2 Å². The highest BCUT2D eigenvalue weighted by Gasteiger charge is 2.26. The molecule has 1 atom stereocenters. The van der Waals surface area contributed by atoms with Crippen LogP contribution in [0.15, 0.2) is 11.0 Å². The first-order chi connectivity index (χ1) is 8.79. The summed E-state index contributed by atoms with van der Waals surface area (Å²) in [5.41, 5.74) is 0. The number of halogens is 1. The summed E-state index contributed by atoms with van der Waals surface area (Å²) in [7, 11) is 1.57. The minimum Gasteiger partial charge on any atom is -0.338 e. The molecule has 1 unspecified atom stereocenters. The average Bonchev–Trinajstić information content (AvgIpc) is 2.70. The van der Waals surface area contributed by atoms with Gasteiger partial charge in [0.15, 0.2) is 0 Å². The normalized spacial score (nSPS) is 20.6. The third-order valence-corrected chi connectivity index (χ3v) is 5.91. The van der Waals surface area contributed by atoms with Gasteiger partial charge in [0.05, 0.1) is 9.77 Å². The Morgan fingerprint density at radius 2 is 2.21 bits per heavy atom. The van der Waals surface area contributed by atoms with Gasteiger partial charge in [-0.25, -0.2) is 8.42 Å². The molecule has 0 N–H and O–H groups in total. The van der Waals surface area contributed by atoms with Crippen molar-refractivity contribution in [2.75, 3.05) is 13.1 Å². The zero-order valence-corrected chi connectivity index (χ0v) is 13.2. The van der Waals surface area contributed by atoms with Gasteiger partial charge in [0.25, 0.3) is 15.0 Å². The number of likely N-dealkylation sites (tertiary alicyclic amines) is 1. The second-order valence-electron chi connectivity index (χ2n) is 4.97. The van der Waals surface area contributed by atoms with E-state index >= 15 is 0 Å². The van der Waals surface area contributed by atoms with E-state index in [1.54, 1.807) is 11.8 Å². The van der Waals surface area contributed by atoms with E-state index in [2.05, 4.69) is 6.92 Å². The third-order valence-electron chi connectivity index (χ3n) is 3.29. The molecule has 0 aliphatic carbocycles. The van der Waals surface area contributed by atoms with Crippen molar-refractivity contribution in [2.45, 2.75) is 31.6 Å². The summed E-state index contributed by atoms with van der Waals surface area (Å²) in [5.74, 6) is 0.404. The summed E-state index contributed by atoms with van der Waals surface area (Å²) in [5, 5.41) is 0. The second-order valence-corrected chi connectivity index (χ2v) is 8.76. The number of thiophene rings is 1. The maximum atomic E-state index is 12.3. The van der Waals surface area contributed by atoms with Gasteiger partial charge in [0.1, 0.15) is 0 Å². The van der Waals surface area contributed by atoms with Gasteiger partial charge in [-0.15, -0.1) is 11.3 Å². The fraction of sp³-hybridized carbons (Fsp3) is 0.583. The summed E-state index contributed by atoms with van der Waals surface area (Å²) in [4.78, 5) is 15.2. The van der Waals surface area contributed by atoms with Crippen LogP contribution in [0, 0.1) is 12.8 Å². The minimum absolute atomic E-state index is 0.0487. The maximum absolute atomic E-state index is 12.3. The lowest BCUT2D eigenvalue weighted by Crippen LogP contribution is -2.38. The van der Waals surface area contributed by atoms with E-state index in [-0.39, 0.29) is 10.8 Å². The van der Waals surface area contributed by atoms with Gasteiger partial charge < -0.3 is 4.90 Å². The smallest absolute Gasteiger partial charge is 0.263 e. The van der Waals surface area contributed by atoms with Crippen LogP contribution in [-0.2, 0) is 9.05 Å². The van der Waals surface area contributed by atoms with Crippen molar-refractivity contribution in [2.24, 2.45) is 5.92 Å². The van der Waals surface area contributed by atoms with E-state index in [1.807, 2.05) is 0 Å². The number of rotatable bonds is 2. The lowest BCUT2D eigenvalue weighted by Gasteiger charge is -2.30. The number of aryl methyl sites for hydroxylation is 1. The van der Waals surface area contributed by atoms with Crippen LogP contribution in [0.5, 0.6) is 0 Å². The quantitative estimate of drug-likeness (QED) is 0.787. The van der Waals surface area contributed by atoms with E-state index < -0.39 is 9.05 Å². The SMILES string of the molecule is Cc1sc(C(=O)N2CCCC(C)C2)cc1S(=O)(=O)Cl. The van der Waals surface area contributed by atoms with Crippen molar-refractivity contribution in [1.82, 2.24) is 4.90 Å². The topological polar surface area (TPSA) is 54.5 Å². The predicted octanol–water partition coefficient (Wildman–Crippen LogP) is 2.86. The minimum atomic E-state index is -3.78. The third kappa shape index (κ3) is 3.30. The Labute approximate surface area is 121 Å². The first kappa shape index (κ1) is 14.8. The molecular formula is C12H16ClNO3S2. The van der Waals surface area contributed by atoms with Gasteiger partial charge in [0.2, 0.25) is 0 Å². The molecule has 1 aliphatic rings. The first-order valence-corrected chi connectivity index (χ1v) is 9.26. The van der Waals surface area contributed by atoms with Gasteiger partial charge in [-0.1, -0.05) is 6.92 Å². The molecule has 0 saturated carbocycles. The number of piperidine rings is 1. The Balaban J connectivity index is 2.25. The lowest BCUT2D eigenvalue weighted by atomic mass is 10.0. The Morgan fingerprint density at radius 1 is 1.53 bits per heavy atom. The molecule has 4 nitrogen and oxygen atoms in total. The highest BCUT2D eigenvalue weighted by Crippen LogP contribution is 2.30. The molecule has 1 aliphatic heterocycles. The summed E-state index contributed by atoms with van der Waals surface area (Å²) in [6.45, 7) is 5.26. The maximum Gasteiger partial charge on any atom is 0.263 e. The van der Waals surface area contributed by atoms with Crippen LogP contribution in [0.1, 0.15) is 34.3 Å². The molecule has 0 aromatic carbocycles. The van der Waals surface area contributed by atoms with Gasteiger partial charge in [0, 0.05) is 28.6 Å². The Hall–Kier alpha value is -0.590. The fourth-order valence-corrected chi connectivity index (χ4v) is 4.97. The van der Waals surface area contributed by atoms with Crippen LogP contribution in [0.4, 0.5) is 0 Å². The molecule has 0 spiro atoms. The Morgan fingerprint density at radius 3 is 2.74 bits per heavy atom. The van der Waals surface area contributed by atoms with Crippen molar-refractivity contribution in [3.63, 3.8) is 0 Å². The van der Waals surface area contributed by atoms with Crippen LogP contribution in [0.3, 0.4) is 0 Å². The van der Waals surface area contributed by atoms with Crippen molar-refractivity contribution in [3.8, 4) is 0 Å². The molecule has 7 heteroatoms. The van der Waals surface area contributed by atoms with Gasteiger partial charge >= 0.3 is 0 Å². The van der Waals surface area contributed by atoms with Crippen LogP contribution in [-0.4, -0.2) is 32.3 Å². The molecule has 1 aromatic rings. The zero-order chi connectivity index (χ0) is 14.2. The molecule has 1 amide bonds. The zero-order valence-electron chi connectivity index (χ0n) is 10.8. The van der Waals surface area contributed by atoms with E-state index in [9.17, 15) is 13.2 Å². The number of nitrogens with zero attached hydrogens (tertiary/aromatic N) is 1. The highest BCUT2D eigenvalue weighted by molar-refractivity contribution is 8.13. The van der Waals surface area contributed by atoms with Crippen molar-refractivity contribution in [3.05, 3.63) is 15.8 Å². The largest absolute Gasteiger partial charge is 0.338 e. The Kier molecular flexibility index (Phi) is 4.23. The van der Waals surface area contributed by atoms with Crippen LogP contribution in [0.2, 0.25) is 0 Å². The first-order valence-electron chi connectivity index (χ1n) is 6.13. The number of carbonyl (C=O) groups is 1. The van der Waals surface area contributed by atoms with Gasteiger partial charge in [-0.2, -0.15) is 0 Å². The van der Waals surface area contributed by atoms with Crippen LogP contribution >= 0.6 is 22.0 Å². The Bertz CT molecular complexity index is 594. The molecule has 106 valence electrons. The number of amides is 1. The lowest BCUT2D eigenvalue weighted by molar-refractivity contribution is 0.0688. The van der Waals surface area contributed by atoms with Crippen LogP contribution < -0.4 is 0 Å². The summed E-state index contributed by atoms with van der Waals surface area (Å²) < 4.78 is 22.7. The monoisotopic (exact) mass is 321 g/mol.